The van der Waals surface area contributed by atoms with E-state index < -0.39 is 0 Å². The van der Waals surface area contributed by atoms with Gasteiger partial charge in [0.05, 0.1) is 5.71 Å². The molecule has 2 aromatic rings. The van der Waals surface area contributed by atoms with Crippen LogP contribution in [-0.2, 0) is 6.42 Å². The minimum atomic E-state index is 0.752. The molecule has 0 radical (unpaired) electrons. The molecule has 0 spiro atoms. The number of aryl methyl sites for hydroxylation is 1. The molecule has 0 aliphatic rings. The third kappa shape index (κ3) is 3.17. The van der Waals surface area contributed by atoms with Crippen molar-refractivity contribution in [2.24, 2.45) is 5.10 Å². The summed E-state index contributed by atoms with van der Waals surface area (Å²) in [5, 5.41) is 4.32. The lowest BCUT2D eigenvalue weighted by atomic mass is 10.1. The van der Waals surface area contributed by atoms with E-state index in [9.17, 15) is 0 Å². The molecule has 0 unspecified atom stereocenters. The summed E-state index contributed by atoms with van der Waals surface area (Å²) in [5.41, 5.74) is 6.35. The smallest absolute Gasteiger partial charge is 0.146 e. The largest absolute Gasteiger partial charge is 0.261 e. The molecule has 1 N–H and O–H groups in total. The summed E-state index contributed by atoms with van der Waals surface area (Å²) < 4.78 is 0. The number of nitrogens with one attached hydrogen (secondary N) is 1. The maximum absolute atomic E-state index is 4.32. The summed E-state index contributed by atoms with van der Waals surface area (Å²) in [6, 6.07) is 14.2. The Morgan fingerprint density at radius 3 is 2.56 bits per heavy atom. The van der Waals surface area contributed by atoms with Crippen LogP contribution in [0.25, 0.3) is 0 Å². The molecule has 0 saturated carbocycles. The van der Waals surface area contributed by atoms with Gasteiger partial charge in [0.1, 0.15) is 5.82 Å². The van der Waals surface area contributed by atoms with Gasteiger partial charge in [0.25, 0.3) is 0 Å². The number of benzene rings is 1. The topological polar surface area (TPSA) is 37.3 Å². The van der Waals surface area contributed by atoms with E-state index in [0.717, 1.165) is 23.5 Å². The summed E-state index contributed by atoms with van der Waals surface area (Å²) >= 11 is 0. The minimum absolute atomic E-state index is 0.752. The van der Waals surface area contributed by atoms with Crippen LogP contribution < -0.4 is 5.43 Å². The van der Waals surface area contributed by atoms with Gasteiger partial charge in [-0.3, -0.25) is 5.43 Å². The van der Waals surface area contributed by atoms with Crippen molar-refractivity contribution in [1.29, 1.82) is 0 Å². The standard InChI is InChI=1S/C15H17N3/c1-3-13-7-9-14(10-8-13)12(2)17-18-15-6-4-5-11-16-15/h4-11H,3H2,1-2H3,(H,16,18)/b17-12-. The zero-order chi connectivity index (χ0) is 12.8. The Kier molecular flexibility index (Phi) is 4.07. The van der Waals surface area contributed by atoms with Crippen molar-refractivity contribution >= 4 is 11.5 Å². The zero-order valence-corrected chi connectivity index (χ0v) is 10.7. The SMILES string of the molecule is CCc1ccc(/C(C)=N\Nc2ccccn2)cc1. The molecule has 0 amide bonds. The van der Waals surface area contributed by atoms with Crippen LogP contribution in [0.2, 0.25) is 0 Å². The fourth-order valence-electron chi connectivity index (χ4n) is 1.62. The molecule has 0 atom stereocenters. The number of hydrogen-bond donors (Lipinski definition) is 1. The summed E-state index contributed by atoms with van der Waals surface area (Å²) in [7, 11) is 0. The monoisotopic (exact) mass is 239 g/mol. The van der Waals surface area contributed by atoms with Crippen molar-refractivity contribution in [1.82, 2.24) is 4.98 Å². The maximum atomic E-state index is 4.32. The van der Waals surface area contributed by atoms with Crippen LogP contribution in [-0.4, -0.2) is 10.7 Å². The lowest BCUT2D eigenvalue weighted by Crippen LogP contribution is -2.00. The summed E-state index contributed by atoms with van der Waals surface area (Å²) in [6.07, 6.45) is 2.80. The zero-order valence-electron chi connectivity index (χ0n) is 10.7. The van der Waals surface area contributed by atoms with Gasteiger partial charge in [-0.15, -0.1) is 0 Å². The van der Waals surface area contributed by atoms with Crippen molar-refractivity contribution in [3.63, 3.8) is 0 Å². The van der Waals surface area contributed by atoms with E-state index in [-0.39, 0.29) is 0 Å². The average Bonchev–Trinajstić information content (AvgIpc) is 2.46. The Balaban J connectivity index is 2.08. The number of pyridine rings is 1. The normalized spacial score (nSPS) is 11.3. The van der Waals surface area contributed by atoms with Crippen LogP contribution in [0.3, 0.4) is 0 Å². The van der Waals surface area contributed by atoms with E-state index in [4.69, 9.17) is 0 Å². The van der Waals surface area contributed by atoms with Crippen LogP contribution in [0.4, 0.5) is 5.82 Å². The van der Waals surface area contributed by atoms with E-state index in [1.54, 1.807) is 6.20 Å². The molecule has 1 aromatic heterocycles. The first-order valence-corrected chi connectivity index (χ1v) is 6.10. The molecule has 3 nitrogen and oxygen atoms in total. The van der Waals surface area contributed by atoms with Crippen molar-refractivity contribution < 1.29 is 0 Å². The average molecular weight is 239 g/mol. The van der Waals surface area contributed by atoms with E-state index in [2.05, 4.69) is 46.7 Å². The van der Waals surface area contributed by atoms with E-state index in [1.807, 2.05) is 25.1 Å². The molecule has 1 heterocycles. The molecular formula is C15H17N3. The Morgan fingerprint density at radius 2 is 1.94 bits per heavy atom. The van der Waals surface area contributed by atoms with Gasteiger partial charge in [-0.1, -0.05) is 37.3 Å². The minimum Gasteiger partial charge on any atom is -0.261 e. The van der Waals surface area contributed by atoms with Gasteiger partial charge < -0.3 is 0 Å². The molecule has 18 heavy (non-hydrogen) atoms. The first-order chi connectivity index (χ1) is 8.79. The van der Waals surface area contributed by atoms with E-state index in [0.29, 0.717) is 0 Å². The first kappa shape index (κ1) is 12.3. The van der Waals surface area contributed by atoms with Crippen molar-refractivity contribution in [2.45, 2.75) is 20.3 Å². The van der Waals surface area contributed by atoms with Gasteiger partial charge >= 0.3 is 0 Å². The van der Waals surface area contributed by atoms with Gasteiger partial charge in [0.15, 0.2) is 0 Å². The fraction of sp³-hybridized carbons (Fsp3) is 0.200. The van der Waals surface area contributed by atoms with Crippen LogP contribution in [0.15, 0.2) is 53.8 Å². The highest BCUT2D eigenvalue weighted by Crippen LogP contribution is 2.07. The summed E-state index contributed by atoms with van der Waals surface area (Å²) in [4.78, 5) is 4.15. The fourth-order valence-corrected chi connectivity index (χ4v) is 1.62. The summed E-state index contributed by atoms with van der Waals surface area (Å²) in [6.45, 7) is 4.13. The van der Waals surface area contributed by atoms with Gasteiger partial charge in [0.2, 0.25) is 0 Å². The number of nitrogens with zero attached hydrogens (tertiary/aromatic N) is 2. The third-order valence-electron chi connectivity index (χ3n) is 2.78. The summed E-state index contributed by atoms with van der Waals surface area (Å²) in [5.74, 6) is 0.752. The van der Waals surface area contributed by atoms with E-state index >= 15 is 0 Å². The lowest BCUT2D eigenvalue weighted by Gasteiger charge is -2.03. The molecule has 2 rings (SSSR count). The second-order valence-electron chi connectivity index (χ2n) is 4.07. The Morgan fingerprint density at radius 1 is 1.17 bits per heavy atom. The predicted molar refractivity (Wildman–Crippen MR) is 75.9 cm³/mol. The number of aromatic nitrogens is 1. The maximum Gasteiger partial charge on any atom is 0.146 e. The Hall–Kier alpha value is -2.16. The molecule has 3 heteroatoms. The predicted octanol–water partition coefficient (Wildman–Crippen LogP) is 3.48. The highest BCUT2D eigenvalue weighted by Gasteiger charge is 1.97. The van der Waals surface area contributed by atoms with Crippen LogP contribution >= 0.6 is 0 Å². The van der Waals surface area contributed by atoms with Crippen LogP contribution in [0.5, 0.6) is 0 Å². The second-order valence-corrected chi connectivity index (χ2v) is 4.07. The molecule has 0 bridgehead atoms. The van der Waals surface area contributed by atoms with Crippen LogP contribution in [0.1, 0.15) is 25.0 Å². The lowest BCUT2D eigenvalue weighted by molar-refractivity contribution is 1.14. The molecule has 0 aliphatic heterocycles. The molecule has 0 saturated heterocycles. The molecule has 92 valence electrons. The van der Waals surface area contributed by atoms with Gasteiger partial charge in [-0.05, 0) is 36.6 Å². The van der Waals surface area contributed by atoms with Crippen molar-refractivity contribution in [2.75, 3.05) is 5.43 Å². The van der Waals surface area contributed by atoms with Crippen molar-refractivity contribution in [3.8, 4) is 0 Å². The van der Waals surface area contributed by atoms with Gasteiger partial charge in [0, 0.05) is 6.20 Å². The molecule has 0 fully saturated rings. The van der Waals surface area contributed by atoms with Gasteiger partial charge in [-0.25, -0.2) is 4.98 Å². The third-order valence-corrected chi connectivity index (χ3v) is 2.78. The number of hydrogen-bond acceptors (Lipinski definition) is 3. The number of anilines is 1. The highest BCUT2D eigenvalue weighted by atomic mass is 15.3. The molecule has 1 aromatic carbocycles. The van der Waals surface area contributed by atoms with E-state index in [1.165, 1.54) is 5.56 Å². The Labute approximate surface area is 108 Å². The first-order valence-electron chi connectivity index (χ1n) is 6.10. The molecular weight excluding hydrogens is 222 g/mol. The molecule has 0 aliphatic carbocycles. The van der Waals surface area contributed by atoms with Crippen molar-refractivity contribution in [3.05, 3.63) is 59.8 Å². The number of rotatable bonds is 4. The second kappa shape index (κ2) is 5.96. The van der Waals surface area contributed by atoms with Gasteiger partial charge in [-0.2, -0.15) is 5.10 Å². The quantitative estimate of drug-likeness (QED) is 0.655. The Bertz CT molecular complexity index is 515. The number of hydrazone groups is 1. The van der Waals surface area contributed by atoms with Crippen LogP contribution in [0, 0.1) is 0 Å². The highest BCUT2D eigenvalue weighted by molar-refractivity contribution is 5.99.